The van der Waals surface area contributed by atoms with Gasteiger partial charge in [-0.25, -0.2) is 0 Å². The van der Waals surface area contributed by atoms with E-state index in [-0.39, 0.29) is 0 Å². The van der Waals surface area contributed by atoms with Crippen LogP contribution in [0.25, 0.3) is 0 Å². The summed E-state index contributed by atoms with van der Waals surface area (Å²) < 4.78 is 38.6. The molecule has 1 aromatic rings. The molecule has 1 aromatic carbocycles. The zero-order chi connectivity index (χ0) is 17.0. The second kappa shape index (κ2) is 6.80. The van der Waals surface area contributed by atoms with Crippen molar-refractivity contribution in [3.8, 4) is 0 Å². The first-order valence-electron chi connectivity index (χ1n) is 7.03. The van der Waals surface area contributed by atoms with E-state index >= 15 is 0 Å². The number of amides is 2. The van der Waals surface area contributed by atoms with Gasteiger partial charge in [0, 0.05) is 6.54 Å². The Labute approximate surface area is 130 Å². The maximum absolute atomic E-state index is 12.9. The number of hydrogen-bond donors (Lipinski definition) is 1. The van der Waals surface area contributed by atoms with Crippen molar-refractivity contribution < 1.29 is 27.6 Å². The molecule has 0 spiro atoms. The summed E-state index contributed by atoms with van der Waals surface area (Å²) in [6.07, 6.45) is -2.76. The molecule has 1 heterocycles. The number of alkyl halides is 3. The van der Waals surface area contributed by atoms with E-state index < -0.39 is 41.7 Å². The molecule has 1 fully saturated rings. The van der Waals surface area contributed by atoms with E-state index in [2.05, 4.69) is 5.32 Å². The molecule has 0 bridgehead atoms. The van der Waals surface area contributed by atoms with Crippen LogP contribution in [0.4, 0.5) is 13.2 Å². The Balaban J connectivity index is 2.03. The third-order valence-electron chi connectivity index (χ3n) is 3.65. The minimum absolute atomic E-state index is 0.400. The number of nitrogens with one attached hydrogen (secondary N) is 1. The van der Waals surface area contributed by atoms with Gasteiger partial charge in [0.05, 0.1) is 23.7 Å². The van der Waals surface area contributed by atoms with E-state index in [9.17, 15) is 27.6 Å². The van der Waals surface area contributed by atoms with E-state index in [0.717, 1.165) is 12.1 Å². The van der Waals surface area contributed by atoms with Crippen LogP contribution in [-0.4, -0.2) is 42.1 Å². The summed E-state index contributed by atoms with van der Waals surface area (Å²) in [7, 11) is 0. The Morgan fingerprint density at radius 2 is 2.00 bits per heavy atom. The molecule has 23 heavy (non-hydrogen) atoms. The topological polar surface area (TPSA) is 66.5 Å². The average Bonchev–Trinajstić information content (AvgIpc) is 3.00. The first-order chi connectivity index (χ1) is 10.8. The molecule has 1 saturated heterocycles. The Morgan fingerprint density at radius 1 is 1.30 bits per heavy atom. The highest BCUT2D eigenvalue weighted by Gasteiger charge is 2.35. The Hall–Kier alpha value is -2.38. The van der Waals surface area contributed by atoms with E-state index in [0.29, 0.717) is 25.7 Å². The number of nitrogens with zero attached hydrogens (tertiary/aromatic N) is 1. The minimum Gasteiger partial charge on any atom is -0.343 e. The number of carbonyl (C=O) groups is 3. The summed E-state index contributed by atoms with van der Waals surface area (Å²) in [5, 5.41) is 2.19. The van der Waals surface area contributed by atoms with Crippen molar-refractivity contribution in [1.82, 2.24) is 10.2 Å². The molecule has 1 atom stereocenters. The van der Waals surface area contributed by atoms with Crippen molar-refractivity contribution in [2.24, 2.45) is 0 Å². The normalized spacial score (nSPS) is 17.9. The van der Waals surface area contributed by atoms with Crippen LogP contribution in [0.15, 0.2) is 24.3 Å². The summed E-state index contributed by atoms with van der Waals surface area (Å²) in [6, 6.07) is 3.83. The maximum atomic E-state index is 12.9. The molecule has 1 aliphatic heterocycles. The highest BCUT2D eigenvalue weighted by molar-refractivity contribution is 5.98. The van der Waals surface area contributed by atoms with Gasteiger partial charge in [-0.3, -0.25) is 9.59 Å². The number of likely N-dealkylation sites (tertiary alicyclic amines) is 1. The Kier molecular flexibility index (Phi) is 5.02. The summed E-state index contributed by atoms with van der Waals surface area (Å²) >= 11 is 0. The standard InChI is InChI=1S/C15H15F3N2O3/c16-15(17,18)12-6-2-1-5-11(12)14(23)19-8-13(22)20-7-3-4-10(20)9-21/h1-2,5-6,9-10H,3-4,7-8H2,(H,19,23)/t10-/m0/s1. The van der Waals surface area contributed by atoms with Crippen LogP contribution >= 0.6 is 0 Å². The van der Waals surface area contributed by atoms with Crippen molar-refractivity contribution in [3.63, 3.8) is 0 Å². The van der Waals surface area contributed by atoms with Crippen LogP contribution in [0.3, 0.4) is 0 Å². The number of halogens is 3. The van der Waals surface area contributed by atoms with Gasteiger partial charge < -0.3 is 15.0 Å². The van der Waals surface area contributed by atoms with Gasteiger partial charge in [0.15, 0.2) is 0 Å². The van der Waals surface area contributed by atoms with Gasteiger partial charge in [0.25, 0.3) is 5.91 Å². The van der Waals surface area contributed by atoms with Crippen molar-refractivity contribution >= 4 is 18.1 Å². The number of carbonyl (C=O) groups excluding carboxylic acids is 3. The van der Waals surface area contributed by atoms with E-state index in [1.165, 1.54) is 17.0 Å². The summed E-state index contributed by atoms with van der Waals surface area (Å²) in [5.74, 6) is -1.47. The summed E-state index contributed by atoms with van der Waals surface area (Å²) in [6.45, 7) is -0.0490. The number of rotatable bonds is 4. The highest BCUT2D eigenvalue weighted by atomic mass is 19.4. The van der Waals surface area contributed by atoms with Gasteiger partial charge in [-0.15, -0.1) is 0 Å². The molecule has 0 aromatic heterocycles. The second-order valence-corrected chi connectivity index (χ2v) is 5.16. The molecular weight excluding hydrogens is 313 g/mol. The number of benzene rings is 1. The molecule has 1 aliphatic rings. The van der Waals surface area contributed by atoms with E-state index in [1.807, 2.05) is 0 Å². The second-order valence-electron chi connectivity index (χ2n) is 5.16. The van der Waals surface area contributed by atoms with Crippen LogP contribution in [-0.2, 0) is 15.8 Å². The lowest BCUT2D eigenvalue weighted by molar-refractivity contribution is -0.137. The van der Waals surface area contributed by atoms with E-state index in [4.69, 9.17) is 0 Å². The molecule has 0 unspecified atom stereocenters. The molecular formula is C15H15F3N2O3. The number of aldehydes is 1. The summed E-state index contributed by atoms with van der Waals surface area (Å²) in [4.78, 5) is 36.0. The van der Waals surface area contributed by atoms with Crippen molar-refractivity contribution in [2.75, 3.05) is 13.1 Å². The molecule has 0 aliphatic carbocycles. The maximum Gasteiger partial charge on any atom is 0.417 e. The smallest absolute Gasteiger partial charge is 0.343 e. The largest absolute Gasteiger partial charge is 0.417 e. The lowest BCUT2D eigenvalue weighted by Gasteiger charge is -2.20. The van der Waals surface area contributed by atoms with Gasteiger partial charge >= 0.3 is 6.18 Å². The first-order valence-corrected chi connectivity index (χ1v) is 7.03. The fourth-order valence-corrected chi connectivity index (χ4v) is 2.52. The van der Waals surface area contributed by atoms with Gasteiger partial charge in [0.1, 0.15) is 6.29 Å². The SMILES string of the molecule is O=C[C@@H]1CCCN1C(=O)CNC(=O)c1ccccc1C(F)(F)F. The molecule has 2 amide bonds. The van der Waals surface area contributed by atoms with Gasteiger partial charge in [-0.05, 0) is 25.0 Å². The monoisotopic (exact) mass is 328 g/mol. The summed E-state index contributed by atoms with van der Waals surface area (Å²) in [5.41, 5.74) is -1.60. The zero-order valence-electron chi connectivity index (χ0n) is 12.1. The zero-order valence-corrected chi connectivity index (χ0v) is 12.1. The first kappa shape index (κ1) is 17.0. The van der Waals surface area contributed by atoms with Gasteiger partial charge in [-0.2, -0.15) is 13.2 Å². The minimum atomic E-state index is -4.66. The molecule has 2 rings (SSSR count). The molecule has 5 nitrogen and oxygen atoms in total. The van der Waals surface area contributed by atoms with Crippen LogP contribution < -0.4 is 5.32 Å². The van der Waals surface area contributed by atoms with Crippen molar-refractivity contribution in [2.45, 2.75) is 25.1 Å². The number of hydrogen-bond acceptors (Lipinski definition) is 3. The van der Waals surface area contributed by atoms with Crippen LogP contribution in [0.2, 0.25) is 0 Å². The van der Waals surface area contributed by atoms with Gasteiger partial charge in [-0.1, -0.05) is 12.1 Å². The van der Waals surface area contributed by atoms with Crippen LogP contribution in [0.1, 0.15) is 28.8 Å². The lowest BCUT2D eigenvalue weighted by Crippen LogP contribution is -2.43. The molecule has 8 heteroatoms. The third-order valence-corrected chi connectivity index (χ3v) is 3.65. The fraction of sp³-hybridized carbons (Fsp3) is 0.400. The van der Waals surface area contributed by atoms with Crippen LogP contribution in [0.5, 0.6) is 0 Å². The quantitative estimate of drug-likeness (QED) is 0.854. The van der Waals surface area contributed by atoms with Crippen LogP contribution in [0, 0.1) is 0 Å². The van der Waals surface area contributed by atoms with E-state index in [1.54, 1.807) is 0 Å². The Morgan fingerprint density at radius 3 is 2.65 bits per heavy atom. The van der Waals surface area contributed by atoms with Crippen molar-refractivity contribution in [1.29, 1.82) is 0 Å². The highest BCUT2D eigenvalue weighted by Crippen LogP contribution is 2.31. The molecule has 0 radical (unpaired) electrons. The third kappa shape index (κ3) is 3.88. The fourth-order valence-electron chi connectivity index (χ4n) is 2.52. The predicted molar refractivity (Wildman–Crippen MR) is 74.6 cm³/mol. The predicted octanol–water partition coefficient (Wildman–Crippen LogP) is 1.63. The average molecular weight is 328 g/mol. The Bertz CT molecular complexity index is 616. The molecule has 1 N–H and O–H groups in total. The van der Waals surface area contributed by atoms with Gasteiger partial charge in [0.2, 0.25) is 5.91 Å². The van der Waals surface area contributed by atoms with Crippen molar-refractivity contribution in [3.05, 3.63) is 35.4 Å². The lowest BCUT2D eigenvalue weighted by atomic mass is 10.1. The molecule has 0 saturated carbocycles. The molecule has 124 valence electrons.